The van der Waals surface area contributed by atoms with E-state index in [0.29, 0.717) is 17.7 Å². The number of nitrogens with one attached hydrogen (secondary N) is 2. The molecule has 0 saturated carbocycles. The summed E-state index contributed by atoms with van der Waals surface area (Å²) in [6.45, 7) is 3.63. The number of aliphatic hydroxyl groups excluding tert-OH is 1. The molecule has 2 bridgehead atoms. The van der Waals surface area contributed by atoms with Crippen molar-refractivity contribution >= 4 is 72.4 Å². The molecule has 5 rings (SSSR count). The standard InChI is InChI=1S/C29H32Cl2N4O6S2/c1-16(2)9-22(32-27(37)25-10-17-5-3-4-6-24(17)42-25)28(38)34-13-20-12-19(34)14-35(20)29(39)23(15-36)33-43(40,41)26-8-7-18(30)11-21(26)31/h3-8,10-11,16,19-20,22-23,33,36H,9,12-15H2,1-2H3,(H,32,37)/t19-,20-,22-,23-/m0/s1. The average molecular weight is 668 g/mol. The molecule has 3 amide bonds. The molecule has 1 aromatic heterocycles. The molecule has 0 unspecified atom stereocenters. The highest BCUT2D eigenvalue weighted by atomic mass is 35.5. The molecule has 43 heavy (non-hydrogen) atoms. The number of fused-ring (bicyclic) bond motifs is 3. The van der Waals surface area contributed by atoms with Gasteiger partial charge in [-0.1, -0.05) is 55.2 Å². The maximum Gasteiger partial charge on any atom is 0.262 e. The third-order valence-corrected chi connectivity index (χ3v) is 11.0. The molecule has 0 spiro atoms. The Labute approximate surface area is 264 Å². The third-order valence-electron chi connectivity index (χ3n) is 7.73. The Morgan fingerprint density at radius 2 is 1.65 bits per heavy atom. The van der Waals surface area contributed by atoms with Crippen LogP contribution in [0, 0.1) is 5.92 Å². The summed E-state index contributed by atoms with van der Waals surface area (Å²) in [6.07, 6.45) is 0.970. The van der Waals surface area contributed by atoms with E-state index in [1.54, 1.807) is 4.90 Å². The van der Waals surface area contributed by atoms with Gasteiger partial charge < -0.3 is 20.2 Å². The number of nitrogens with zero attached hydrogens (tertiary/aromatic N) is 2. The van der Waals surface area contributed by atoms with Gasteiger partial charge in [-0.3, -0.25) is 14.4 Å². The van der Waals surface area contributed by atoms with E-state index in [2.05, 4.69) is 10.0 Å². The van der Waals surface area contributed by atoms with E-state index in [1.807, 2.05) is 44.2 Å². The quantitative estimate of drug-likeness (QED) is 0.303. The van der Waals surface area contributed by atoms with Gasteiger partial charge in [0.05, 0.1) is 28.6 Å². The molecule has 10 nitrogen and oxygen atoms in total. The van der Waals surface area contributed by atoms with Crippen LogP contribution < -0.4 is 10.0 Å². The average Bonchev–Trinajstić information content (AvgIpc) is 3.69. The number of carbonyl (C=O) groups is 3. The Bertz CT molecular complexity index is 1630. The Kier molecular flexibility index (Phi) is 9.36. The maximum atomic E-state index is 13.7. The lowest BCUT2D eigenvalue weighted by Gasteiger charge is -2.37. The zero-order valence-electron chi connectivity index (χ0n) is 23.5. The molecule has 230 valence electrons. The molecule has 2 fully saturated rings. The van der Waals surface area contributed by atoms with Crippen LogP contribution >= 0.6 is 34.5 Å². The molecule has 2 aliphatic rings. The van der Waals surface area contributed by atoms with E-state index in [1.165, 1.54) is 34.4 Å². The molecule has 3 heterocycles. The number of amides is 3. The number of piperazine rings is 1. The summed E-state index contributed by atoms with van der Waals surface area (Å²) in [7, 11) is -4.25. The van der Waals surface area contributed by atoms with Gasteiger partial charge in [-0.25, -0.2) is 8.42 Å². The summed E-state index contributed by atoms with van der Waals surface area (Å²) in [5.74, 6) is -0.964. The number of thiophene rings is 1. The van der Waals surface area contributed by atoms with Crippen LogP contribution in [-0.2, 0) is 19.6 Å². The summed E-state index contributed by atoms with van der Waals surface area (Å²) in [5, 5.41) is 14.0. The molecule has 2 saturated heterocycles. The lowest BCUT2D eigenvalue weighted by Crippen LogP contribution is -2.59. The number of hydrogen-bond donors (Lipinski definition) is 3. The van der Waals surface area contributed by atoms with E-state index in [9.17, 15) is 27.9 Å². The number of likely N-dealkylation sites (tertiary alicyclic amines) is 2. The van der Waals surface area contributed by atoms with E-state index in [-0.39, 0.29) is 57.8 Å². The van der Waals surface area contributed by atoms with Gasteiger partial charge in [0, 0.05) is 22.8 Å². The number of carbonyl (C=O) groups excluding carboxylic acids is 3. The lowest BCUT2D eigenvalue weighted by atomic mass is 10.0. The molecule has 2 aliphatic heterocycles. The van der Waals surface area contributed by atoms with Crippen molar-refractivity contribution in [2.75, 3.05) is 19.7 Å². The van der Waals surface area contributed by atoms with Crippen LogP contribution in [0.3, 0.4) is 0 Å². The monoisotopic (exact) mass is 666 g/mol. The van der Waals surface area contributed by atoms with Crippen molar-refractivity contribution < 1.29 is 27.9 Å². The smallest absolute Gasteiger partial charge is 0.262 e. The fourth-order valence-corrected chi connectivity index (χ4v) is 8.65. The largest absolute Gasteiger partial charge is 0.394 e. The highest BCUT2D eigenvalue weighted by molar-refractivity contribution is 7.89. The van der Waals surface area contributed by atoms with Gasteiger partial charge in [-0.15, -0.1) is 11.3 Å². The highest BCUT2D eigenvalue weighted by Crippen LogP contribution is 2.33. The van der Waals surface area contributed by atoms with Gasteiger partial charge in [-0.05, 0) is 54.5 Å². The summed E-state index contributed by atoms with van der Waals surface area (Å²) >= 11 is 13.3. The number of rotatable bonds is 10. The van der Waals surface area contributed by atoms with Crippen molar-refractivity contribution in [2.45, 2.75) is 55.8 Å². The number of hydrogen-bond acceptors (Lipinski definition) is 7. The van der Waals surface area contributed by atoms with Crippen molar-refractivity contribution in [3.63, 3.8) is 0 Å². The summed E-state index contributed by atoms with van der Waals surface area (Å²) in [5.41, 5.74) is 0. The molecular formula is C29H32Cl2N4O6S2. The van der Waals surface area contributed by atoms with Crippen LogP contribution in [0.4, 0.5) is 0 Å². The first-order valence-electron chi connectivity index (χ1n) is 13.9. The van der Waals surface area contributed by atoms with Gasteiger partial charge in [0.1, 0.15) is 17.0 Å². The first-order chi connectivity index (χ1) is 20.4. The second kappa shape index (κ2) is 12.7. The SMILES string of the molecule is CC(C)C[C@H](NC(=O)c1cc2ccccc2s1)C(=O)N1C[C@@H]2C[C@H]1CN2C(=O)[C@H](CO)NS(=O)(=O)c1ccc(Cl)cc1Cl. The second-order valence-electron chi connectivity index (χ2n) is 11.3. The van der Waals surface area contributed by atoms with Crippen molar-refractivity contribution in [2.24, 2.45) is 5.92 Å². The molecule has 0 radical (unpaired) electrons. The normalized spacial score (nSPS) is 19.7. The first kappa shape index (κ1) is 31.7. The minimum absolute atomic E-state index is 0.117. The molecular weight excluding hydrogens is 635 g/mol. The summed E-state index contributed by atoms with van der Waals surface area (Å²) in [4.78, 5) is 43.8. The van der Waals surface area contributed by atoms with Gasteiger partial charge in [-0.2, -0.15) is 4.72 Å². The van der Waals surface area contributed by atoms with E-state index >= 15 is 0 Å². The molecule has 3 N–H and O–H groups in total. The number of aliphatic hydroxyl groups is 1. The van der Waals surface area contributed by atoms with Gasteiger partial charge >= 0.3 is 0 Å². The number of benzene rings is 2. The lowest BCUT2D eigenvalue weighted by molar-refractivity contribution is -0.142. The Balaban J connectivity index is 1.25. The van der Waals surface area contributed by atoms with Crippen molar-refractivity contribution in [3.05, 3.63) is 63.5 Å². The van der Waals surface area contributed by atoms with Crippen LogP contribution in [0.25, 0.3) is 10.1 Å². The van der Waals surface area contributed by atoms with Gasteiger partial charge in [0.2, 0.25) is 21.8 Å². The van der Waals surface area contributed by atoms with E-state index in [0.717, 1.165) is 10.1 Å². The van der Waals surface area contributed by atoms with Crippen LogP contribution in [0.1, 0.15) is 36.4 Å². The zero-order valence-corrected chi connectivity index (χ0v) is 26.6. The fourth-order valence-electron chi connectivity index (χ4n) is 5.73. The molecule has 2 aromatic carbocycles. The van der Waals surface area contributed by atoms with E-state index < -0.39 is 34.6 Å². The van der Waals surface area contributed by atoms with Crippen LogP contribution in [0.2, 0.25) is 10.0 Å². The Morgan fingerprint density at radius 1 is 1.00 bits per heavy atom. The molecule has 4 atom stereocenters. The van der Waals surface area contributed by atoms with Gasteiger partial charge in [0.15, 0.2) is 0 Å². The van der Waals surface area contributed by atoms with Crippen molar-refractivity contribution in [1.82, 2.24) is 19.8 Å². The molecule has 0 aliphatic carbocycles. The van der Waals surface area contributed by atoms with E-state index in [4.69, 9.17) is 23.2 Å². The summed E-state index contributed by atoms with van der Waals surface area (Å²) in [6, 6.07) is 10.6. The molecule has 3 aromatic rings. The number of halogens is 2. The molecule has 14 heteroatoms. The van der Waals surface area contributed by atoms with Crippen LogP contribution in [0.5, 0.6) is 0 Å². The topological polar surface area (TPSA) is 136 Å². The van der Waals surface area contributed by atoms with Crippen molar-refractivity contribution in [3.8, 4) is 0 Å². The van der Waals surface area contributed by atoms with Crippen LogP contribution in [0.15, 0.2) is 53.4 Å². The predicted molar refractivity (Wildman–Crippen MR) is 166 cm³/mol. The number of sulfonamides is 1. The van der Waals surface area contributed by atoms with Crippen molar-refractivity contribution in [1.29, 1.82) is 0 Å². The Morgan fingerprint density at radius 3 is 2.23 bits per heavy atom. The minimum Gasteiger partial charge on any atom is -0.394 e. The van der Waals surface area contributed by atoms with Gasteiger partial charge in [0.25, 0.3) is 5.91 Å². The Hall–Kier alpha value is -2.74. The third kappa shape index (κ3) is 6.69. The fraction of sp³-hybridized carbons (Fsp3) is 0.414. The zero-order chi connectivity index (χ0) is 31.1. The minimum atomic E-state index is -4.25. The first-order valence-corrected chi connectivity index (χ1v) is 16.9. The second-order valence-corrected chi connectivity index (χ2v) is 14.9. The van der Waals surface area contributed by atoms with Crippen LogP contribution in [-0.4, -0.2) is 84.9 Å². The highest BCUT2D eigenvalue weighted by Gasteiger charge is 2.49. The maximum absolute atomic E-state index is 13.7. The predicted octanol–water partition coefficient (Wildman–Crippen LogP) is 3.50. The summed E-state index contributed by atoms with van der Waals surface area (Å²) < 4.78 is 29.1.